The lowest BCUT2D eigenvalue weighted by atomic mass is 10.1. The number of carbonyl (C=O) groups excluding carboxylic acids is 3. The third-order valence-corrected chi connectivity index (χ3v) is 17.4. The molecule has 11 rings (SSSR count). The highest BCUT2D eigenvalue weighted by Crippen LogP contribution is 2.35. The quantitative estimate of drug-likeness (QED) is 0.0744. The van der Waals surface area contributed by atoms with Gasteiger partial charge in [0.05, 0.1) is 75.2 Å². The van der Waals surface area contributed by atoms with Crippen molar-refractivity contribution in [2.24, 2.45) is 0 Å². The van der Waals surface area contributed by atoms with Crippen molar-refractivity contribution < 1.29 is 36.0 Å². The summed E-state index contributed by atoms with van der Waals surface area (Å²) in [6, 6.07) is 66.8. The van der Waals surface area contributed by atoms with Crippen LogP contribution in [0.4, 0.5) is 18.9 Å². The first-order chi connectivity index (χ1) is 44.0. The number of halogens is 3. The van der Waals surface area contributed by atoms with Gasteiger partial charge in [-0.1, -0.05) is 166 Å². The van der Waals surface area contributed by atoms with Crippen LogP contribution in [0.1, 0.15) is 96.4 Å². The van der Waals surface area contributed by atoms with E-state index < -0.39 is 33.4 Å². The molecule has 91 heavy (non-hydrogen) atoms. The maximum Gasteiger partial charge on any atom is 0.434 e. The van der Waals surface area contributed by atoms with Gasteiger partial charge in [-0.15, -0.1) is 11.3 Å². The Morgan fingerprint density at radius 1 is 0.484 bits per heavy atom. The molecule has 15 nitrogen and oxygen atoms in total. The van der Waals surface area contributed by atoms with Crippen molar-refractivity contribution in [3.63, 3.8) is 0 Å². The zero-order chi connectivity index (χ0) is 64.3. The minimum absolute atomic E-state index is 0.0163. The van der Waals surface area contributed by atoms with E-state index in [-0.39, 0.29) is 35.5 Å². The minimum atomic E-state index is -4.75. The second-order valence-electron chi connectivity index (χ2n) is 21.2. The van der Waals surface area contributed by atoms with Crippen LogP contribution in [0.5, 0.6) is 0 Å². The number of para-hydroxylation sites is 3. The fraction of sp³-hybridized carbons (Fsp3) is 0.183. The lowest BCUT2D eigenvalue weighted by Crippen LogP contribution is -2.32. The molecular weight excluding hydrogens is 1190 g/mol. The number of amides is 3. The van der Waals surface area contributed by atoms with Crippen molar-refractivity contribution in [2.45, 2.75) is 77.8 Å². The van der Waals surface area contributed by atoms with Crippen molar-refractivity contribution in [3.05, 3.63) is 298 Å². The lowest BCUT2D eigenvalue weighted by Gasteiger charge is -2.23. The van der Waals surface area contributed by atoms with Crippen molar-refractivity contribution in [1.82, 2.24) is 43.4 Å². The number of thiophene rings is 1. The van der Waals surface area contributed by atoms with Crippen LogP contribution in [-0.2, 0) is 42.4 Å². The van der Waals surface area contributed by atoms with Crippen molar-refractivity contribution in [2.75, 3.05) is 18.4 Å². The van der Waals surface area contributed by atoms with Gasteiger partial charge in [-0.05, 0) is 115 Å². The van der Waals surface area contributed by atoms with Gasteiger partial charge >= 0.3 is 6.18 Å². The molecule has 0 radical (unpaired) electrons. The Balaban J connectivity index is 0.000000162. The fourth-order valence-corrected chi connectivity index (χ4v) is 12.4. The maximum absolute atomic E-state index is 14.0. The van der Waals surface area contributed by atoms with Crippen LogP contribution < -0.4 is 5.32 Å². The average molecular weight is 1260 g/mol. The van der Waals surface area contributed by atoms with Gasteiger partial charge < -0.3 is 15.1 Å². The molecule has 11 aromatic rings. The Morgan fingerprint density at radius 2 is 0.868 bits per heavy atom. The smallest absolute Gasteiger partial charge is 0.330 e. The van der Waals surface area contributed by atoms with E-state index in [4.69, 9.17) is 0 Å². The minimum Gasteiger partial charge on any atom is -0.330 e. The van der Waals surface area contributed by atoms with Gasteiger partial charge in [0.25, 0.3) is 17.7 Å². The number of hydrogen-bond donors (Lipinski definition) is 1. The second kappa shape index (κ2) is 30.9. The van der Waals surface area contributed by atoms with E-state index in [9.17, 15) is 36.0 Å². The van der Waals surface area contributed by atoms with Crippen LogP contribution in [0.3, 0.4) is 0 Å². The van der Waals surface area contributed by atoms with Crippen LogP contribution in [0.2, 0.25) is 0 Å². The van der Waals surface area contributed by atoms with E-state index in [1.54, 1.807) is 41.2 Å². The molecule has 0 bridgehead atoms. The largest absolute Gasteiger partial charge is 0.434 e. The van der Waals surface area contributed by atoms with Gasteiger partial charge in [-0.3, -0.25) is 14.4 Å². The van der Waals surface area contributed by atoms with Crippen LogP contribution >= 0.6 is 11.3 Å². The molecule has 7 aromatic carbocycles. The van der Waals surface area contributed by atoms with Crippen molar-refractivity contribution in [3.8, 4) is 17.1 Å². The van der Waals surface area contributed by atoms with Crippen molar-refractivity contribution in [1.29, 1.82) is 0 Å². The summed E-state index contributed by atoms with van der Waals surface area (Å²) in [4.78, 5) is 44.0. The van der Waals surface area contributed by atoms with Crippen LogP contribution in [0, 0.1) is 13.8 Å². The molecule has 0 aliphatic carbocycles. The molecule has 0 atom stereocenters. The average Bonchev–Trinajstić information content (AvgIpc) is 1.71. The summed E-state index contributed by atoms with van der Waals surface area (Å²) in [6.45, 7) is 10.1. The molecule has 0 unspecified atom stereocenters. The first-order valence-electron chi connectivity index (χ1n) is 29.6. The van der Waals surface area contributed by atoms with Crippen molar-refractivity contribution >= 4 is 44.8 Å². The van der Waals surface area contributed by atoms with Gasteiger partial charge in [-0.2, -0.15) is 32.8 Å². The number of sulfonamides is 1. The van der Waals surface area contributed by atoms with Gasteiger partial charge in [-0.25, -0.2) is 22.5 Å². The summed E-state index contributed by atoms with van der Waals surface area (Å²) in [5.74, 6) is -1.03. The standard InChI is InChI=1S/C25H23N3O.C23H18F3N3OS.C23H28N4O3S/c1-20-24(17-26-28(20)23-15-9-4-10-16-23)25(29)27(18-21-11-5-2-6-12-21)19-22-13-7-3-8-14-22;24-23(25,26)21-20(14-27-29(21)18-10-5-2-6-11-18)22(30)28(16-19-12-7-13-31-19)15-17-8-3-1-4-9-17;1-4-15-26(16-5-2)31(29,30)21-13-11-19(12-14-21)25-23(28)22-17-24-27(18(22)3)20-9-7-6-8-10-20/h2-17H,18-19H2,1H3;1-14H,15-16H2;6-14,17H,4-5,15-16H2,1-3H3,(H,25,28). The van der Waals surface area contributed by atoms with E-state index >= 15 is 0 Å². The third kappa shape index (κ3) is 16.8. The zero-order valence-corrected chi connectivity index (χ0v) is 52.4. The normalized spacial score (nSPS) is 11.3. The van der Waals surface area contributed by atoms with E-state index in [0.29, 0.717) is 43.0 Å². The monoisotopic (exact) mass is 1260 g/mol. The summed E-state index contributed by atoms with van der Waals surface area (Å²) in [6.07, 6.45) is 0.966. The molecule has 0 saturated carbocycles. The topological polar surface area (TPSA) is 161 Å². The molecular formula is C71H69F3N10O5S2. The number of benzene rings is 7. The summed E-state index contributed by atoms with van der Waals surface area (Å²) in [5.41, 5.74) is 6.71. The highest BCUT2D eigenvalue weighted by atomic mass is 32.2. The summed E-state index contributed by atoms with van der Waals surface area (Å²) in [7, 11) is -3.55. The van der Waals surface area contributed by atoms with Gasteiger partial charge in [0.15, 0.2) is 5.69 Å². The maximum atomic E-state index is 14.0. The fourth-order valence-electron chi connectivity index (χ4n) is 10.1. The Hall–Kier alpha value is -10.0. The lowest BCUT2D eigenvalue weighted by molar-refractivity contribution is -0.143. The highest BCUT2D eigenvalue weighted by molar-refractivity contribution is 7.89. The summed E-state index contributed by atoms with van der Waals surface area (Å²) < 4.78 is 73.6. The van der Waals surface area contributed by atoms with E-state index in [1.165, 1.54) is 51.0 Å². The zero-order valence-electron chi connectivity index (χ0n) is 50.8. The van der Waals surface area contributed by atoms with E-state index in [2.05, 4.69) is 20.6 Å². The van der Waals surface area contributed by atoms with E-state index in [0.717, 1.165) is 68.1 Å². The summed E-state index contributed by atoms with van der Waals surface area (Å²) in [5, 5.41) is 17.4. The molecule has 4 aromatic heterocycles. The molecule has 0 aliphatic rings. The Morgan fingerprint density at radius 3 is 1.30 bits per heavy atom. The first kappa shape index (κ1) is 65.4. The number of carbonyl (C=O) groups is 3. The molecule has 0 spiro atoms. The molecule has 3 amide bonds. The van der Waals surface area contributed by atoms with Crippen LogP contribution in [0.15, 0.2) is 247 Å². The predicted octanol–water partition coefficient (Wildman–Crippen LogP) is 15.1. The number of anilines is 1. The number of aromatic nitrogens is 6. The Kier molecular flexibility index (Phi) is 22.2. The van der Waals surface area contributed by atoms with Crippen LogP contribution in [-0.4, -0.2) is 82.7 Å². The van der Waals surface area contributed by atoms with Crippen LogP contribution in [0.25, 0.3) is 17.1 Å². The Labute approximate surface area is 532 Å². The molecule has 4 heterocycles. The predicted molar refractivity (Wildman–Crippen MR) is 350 cm³/mol. The molecule has 0 aliphatic heterocycles. The van der Waals surface area contributed by atoms with E-state index in [1.807, 2.05) is 206 Å². The number of nitrogens with one attached hydrogen (secondary N) is 1. The second-order valence-corrected chi connectivity index (χ2v) is 24.1. The van der Waals surface area contributed by atoms with Gasteiger partial charge in [0, 0.05) is 43.3 Å². The molecule has 466 valence electrons. The number of alkyl halides is 3. The SMILES string of the molecule is CCCN(CCC)S(=O)(=O)c1ccc(NC(=O)c2cnn(-c3ccccc3)c2C)cc1.Cc1c(C(=O)N(Cc2ccccc2)Cc2ccccc2)cnn1-c1ccccc1.O=C(c1cnn(-c2ccccc2)c1C(F)(F)F)N(Cc1ccccc1)Cc1cccs1. The van der Waals surface area contributed by atoms with Gasteiger partial charge in [0.1, 0.15) is 0 Å². The molecule has 0 fully saturated rings. The third-order valence-electron chi connectivity index (χ3n) is 14.6. The highest BCUT2D eigenvalue weighted by Gasteiger charge is 2.41. The first-order valence-corrected chi connectivity index (χ1v) is 31.9. The van der Waals surface area contributed by atoms with Gasteiger partial charge in [0.2, 0.25) is 10.0 Å². The number of nitrogens with zero attached hydrogens (tertiary/aromatic N) is 9. The molecule has 1 N–H and O–H groups in total. The Bertz CT molecular complexity index is 4160. The number of rotatable bonds is 21. The molecule has 20 heteroatoms. The molecule has 0 saturated heterocycles. The number of hydrogen-bond acceptors (Lipinski definition) is 9. The summed E-state index contributed by atoms with van der Waals surface area (Å²) >= 11 is 1.45.